The molecule has 0 bridgehead atoms. The number of hydrogen-bond donors (Lipinski definition) is 0. The molecule has 1 heterocycles. The first-order valence-electron chi connectivity index (χ1n) is 7.19. The van der Waals surface area contributed by atoms with Crippen molar-refractivity contribution in [2.45, 2.75) is 32.6 Å². The van der Waals surface area contributed by atoms with Crippen molar-refractivity contribution >= 4 is 17.5 Å². The number of amides is 2. The SMILES string of the molecule is CC(=O)N(C)c1ccc(CC(=O)N2CCCCC2)cc1. The van der Waals surface area contributed by atoms with Crippen LogP contribution >= 0.6 is 0 Å². The minimum atomic E-state index is 0.00198. The number of piperidine rings is 1. The molecule has 0 unspecified atom stereocenters. The second-order valence-electron chi connectivity index (χ2n) is 5.36. The third-order valence-electron chi connectivity index (χ3n) is 3.86. The maximum Gasteiger partial charge on any atom is 0.226 e. The number of carbonyl (C=O) groups is 2. The first-order valence-corrected chi connectivity index (χ1v) is 7.19. The molecule has 1 aromatic carbocycles. The molecule has 1 aliphatic rings. The maximum atomic E-state index is 12.2. The van der Waals surface area contributed by atoms with Gasteiger partial charge in [0.05, 0.1) is 6.42 Å². The predicted molar refractivity (Wildman–Crippen MR) is 79.7 cm³/mol. The normalized spacial score (nSPS) is 15.0. The van der Waals surface area contributed by atoms with E-state index < -0.39 is 0 Å². The first-order chi connectivity index (χ1) is 9.58. The number of hydrogen-bond acceptors (Lipinski definition) is 2. The first kappa shape index (κ1) is 14.6. The average molecular weight is 274 g/mol. The molecule has 4 heteroatoms. The number of carbonyl (C=O) groups excluding carboxylic acids is 2. The van der Waals surface area contributed by atoms with Crippen molar-refractivity contribution in [1.29, 1.82) is 0 Å². The Kier molecular flexibility index (Phi) is 4.77. The molecule has 0 spiro atoms. The highest BCUT2D eigenvalue weighted by atomic mass is 16.2. The highest BCUT2D eigenvalue weighted by molar-refractivity contribution is 5.90. The number of nitrogens with zero attached hydrogens (tertiary/aromatic N) is 2. The van der Waals surface area contributed by atoms with Crippen molar-refractivity contribution in [3.63, 3.8) is 0 Å². The maximum absolute atomic E-state index is 12.2. The highest BCUT2D eigenvalue weighted by Crippen LogP contribution is 2.16. The molecule has 1 saturated heterocycles. The number of likely N-dealkylation sites (tertiary alicyclic amines) is 1. The van der Waals surface area contributed by atoms with Crippen LogP contribution < -0.4 is 4.90 Å². The fourth-order valence-electron chi connectivity index (χ4n) is 2.45. The molecule has 0 radical (unpaired) electrons. The molecule has 1 aliphatic heterocycles. The number of benzene rings is 1. The van der Waals surface area contributed by atoms with Gasteiger partial charge in [0, 0.05) is 32.7 Å². The van der Waals surface area contributed by atoms with E-state index in [9.17, 15) is 9.59 Å². The van der Waals surface area contributed by atoms with Crippen LogP contribution in [0.3, 0.4) is 0 Å². The van der Waals surface area contributed by atoms with Crippen LogP contribution in [0.1, 0.15) is 31.7 Å². The second kappa shape index (κ2) is 6.55. The van der Waals surface area contributed by atoms with Gasteiger partial charge < -0.3 is 9.80 Å². The molecule has 1 fully saturated rings. The summed E-state index contributed by atoms with van der Waals surface area (Å²) in [6.07, 6.45) is 3.92. The number of rotatable bonds is 3. The predicted octanol–water partition coefficient (Wildman–Crippen LogP) is 2.22. The third-order valence-corrected chi connectivity index (χ3v) is 3.86. The van der Waals surface area contributed by atoms with E-state index in [2.05, 4.69) is 0 Å². The second-order valence-corrected chi connectivity index (χ2v) is 5.36. The largest absolute Gasteiger partial charge is 0.342 e. The third kappa shape index (κ3) is 3.59. The summed E-state index contributed by atoms with van der Waals surface area (Å²) in [6, 6.07) is 7.63. The Labute approximate surface area is 120 Å². The average Bonchev–Trinajstić information content (AvgIpc) is 2.48. The van der Waals surface area contributed by atoms with Crippen molar-refractivity contribution in [2.24, 2.45) is 0 Å². The topological polar surface area (TPSA) is 40.6 Å². The molecule has 0 aromatic heterocycles. The summed E-state index contributed by atoms with van der Waals surface area (Å²) in [6.45, 7) is 3.32. The van der Waals surface area contributed by atoms with Gasteiger partial charge in [-0.15, -0.1) is 0 Å². The van der Waals surface area contributed by atoms with Crippen molar-refractivity contribution in [1.82, 2.24) is 4.90 Å². The zero-order chi connectivity index (χ0) is 14.5. The summed E-state index contributed by atoms with van der Waals surface area (Å²) in [5.41, 5.74) is 1.85. The molecule has 0 saturated carbocycles. The van der Waals surface area contributed by atoms with Gasteiger partial charge >= 0.3 is 0 Å². The van der Waals surface area contributed by atoms with Crippen molar-refractivity contribution in [3.05, 3.63) is 29.8 Å². The van der Waals surface area contributed by atoms with Crippen LogP contribution in [-0.2, 0) is 16.0 Å². The molecule has 0 atom stereocenters. The monoisotopic (exact) mass is 274 g/mol. The molecule has 0 N–H and O–H groups in total. The number of anilines is 1. The Morgan fingerprint density at radius 2 is 1.70 bits per heavy atom. The summed E-state index contributed by atoms with van der Waals surface area (Å²) in [4.78, 5) is 27.0. The summed E-state index contributed by atoms with van der Waals surface area (Å²) >= 11 is 0. The Hall–Kier alpha value is -1.84. The smallest absolute Gasteiger partial charge is 0.226 e. The Bertz CT molecular complexity index is 476. The fourth-order valence-corrected chi connectivity index (χ4v) is 2.45. The van der Waals surface area contributed by atoms with E-state index in [-0.39, 0.29) is 11.8 Å². The van der Waals surface area contributed by atoms with Gasteiger partial charge in [0.1, 0.15) is 0 Å². The quantitative estimate of drug-likeness (QED) is 0.848. The molecule has 0 aliphatic carbocycles. The summed E-state index contributed by atoms with van der Waals surface area (Å²) in [5, 5.41) is 0. The van der Waals surface area contributed by atoms with Gasteiger partial charge in [0.15, 0.2) is 0 Å². The minimum Gasteiger partial charge on any atom is -0.342 e. The lowest BCUT2D eigenvalue weighted by atomic mass is 10.1. The lowest BCUT2D eigenvalue weighted by molar-refractivity contribution is -0.131. The zero-order valence-electron chi connectivity index (χ0n) is 12.3. The van der Waals surface area contributed by atoms with Crippen molar-refractivity contribution < 1.29 is 9.59 Å². The van der Waals surface area contributed by atoms with E-state index in [1.807, 2.05) is 29.2 Å². The van der Waals surface area contributed by atoms with Gasteiger partial charge in [-0.3, -0.25) is 9.59 Å². The van der Waals surface area contributed by atoms with E-state index in [1.165, 1.54) is 13.3 Å². The van der Waals surface area contributed by atoms with Gasteiger partial charge in [0.25, 0.3) is 0 Å². The standard InChI is InChI=1S/C16H22N2O2/c1-13(19)17(2)15-8-6-14(7-9-15)12-16(20)18-10-4-3-5-11-18/h6-9H,3-5,10-12H2,1-2H3. The van der Waals surface area contributed by atoms with Gasteiger partial charge in [-0.1, -0.05) is 12.1 Å². The zero-order valence-corrected chi connectivity index (χ0v) is 12.3. The van der Waals surface area contributed by atoms with Gasteiger partial charge in [0.2, 0.25) is 11.8 Å². The van der Waals surface area contributed by atoms with Crippen LogP contribution in [0.25, 0.3) is 0 Å². The van der Waals surface area contributed by atoms with Crippen LogP contribution in [-0.4, -0.2) is 36.9 Å². The molecule has 4 nitrogen and oxygen atoms in total. The van der Waals surface area contributed by atoms with Crippen LogP contribution in [0.5, 0.6) is 0 Å². The fraction of sp³-hybridized carbons (Fsp3) is 0.500. The van der Waals surface area contributed by atoms with E-state index in [0.717, 1.165) is 37.2 Å². The molecule has 108 valence electrons. The summed E-state index contributed by atoms with van der Waals surface area (Å²) in [7, 11) is 1.75. The van der Waals surface area contributed by atoms with Crippen LogP contribution in [0.2, 0.25) is 0 Å². The Morgan fingerprint density at radius 1 is 1.10 bits per heavy atom. The lowest BCUT2D eigenvalue weighted by Gasteiger charge is -2.26. The molecular weight excluding hydrogens is 252 g/mol. The van der Waals surface area contributed by atoms with E-state index in [1.54, 1.807) is 11.9 Å². The molecule has 1 aromatic rings. The van der Waals surface area contributed by atoms with E-state index >= 15 is 0 Å². The Morgan fingerprint density at radius 3 is 2.25 bits per heavy atom. The van der Waals surface area contributed by atoms with E-state index in [0.29, 0.717) is 6.42 Å². The van der Waals surface area contributed by atoms with Gasteiger partial charge in [-0.25, -0.2) is 0 Å². The van der Waals surface area contributed by atoms with Crippen LogP contribution in [0.4, 0.5) is 5.69 Å². The lowest BCUT2D eigenvalue weighted by Crippen LogP contribution is -2.36. The summed E-state index contributed by atoms with van der Waals surface area (Å²) in [5.74, 6) is 0.208. The molecule has 2 rings (SSSR count). The molecule has 20 heavy (non-hydrogen) atoms. The van der Waals surface area contributed by atoms with Crippen LogP contribution in [0.15, 0.2) is 24.3 Å². The van der Waals surface area contributed by atoms with Gasteiger partial charge in [-0.05, 0) is 37.0 Å². The summed E-state index contributed by atoms with van der Waals surface area (Å²) < 4.78 is 0. The van der Waals surface area contributed by atoms with Gasteiger partial charge in [-0.2, -0.15) is 0 Å². The van der Waals surface area contributed by atoms with Crippen LogP contribution in [0, 0.1) is 0 Å². The van der Waals surface area contributed by atoms with Crippen molar-refractivity contribution in [2.75, 3.05) is 25.0 Å². The van der Waals surface area contributed by atoms with Crippen molar-refractivity contribution in [3.8, 4) is 0 Å². The highest BCUT2D eigenvalue weighted by Gasteiger charge is 2.16. The van der Waals surface area contributed by atoms with E-state index in [4.69, 9.17) is 0 Å². The molecular formula is C16H22N2O2. The minimum absolute atomic E-state index is 0.00198. The Balaban J connectivity index is 1.96. The molecule has 2 amide bonds.